The number of benzene rings is 2. The minimum Gasteiger partial charge on any atom is -0.359 e. The maximum Gasteiger partial charge on any atom is 0.416 e. The number of alkyl halides is 3. The van der Waals surface area contributed by atoms with Crippen molar-refractivity contribution in [2.24, 2.45) is 0 Å². The predicted molar refractivity (Wildman–Crippen MR) is 113 cm³/mol. The van der Waals surface area contributed by atoms with E-state index in [1.165, 1.54) is 12.1 Å². The Morgan fingerprint density at radius 3 is 2.53 bits per heavy atom. The Kier molecular flexibility index (Phi) is 5.08. The van der Waals surface area contributed by atoms with Gasteiger partial charge >= 0.3 is 12.2 Å². The lowest BCUT2D eigenvalue weighted by Gasteiger charge is -2.30. The molecule has 10 heteroatoms. The lowest BCUT2D eigenvalue weighted by molar-refractivity contribution is -0.137. The number of hydrogen-bond donors (Lipinski definition) is 4. The molecule has 0 atom stereocenters. The summed E-state index contributed by atoms with van der Waals surface area (Å²) >= 11 is 1.54. The van der Waals surface area contributed by atoms with E-state index >= 15 is 0 Å². The Hall–Kier alpha value is -3.53. The number of thiophene rings is 1. The van der Waals surface area contributed by atoms with Crippen molar-refractivity contribution < 1.29 is 18.0 Å². The van der Waals surface area contributed by atoms with Gasteiger partial charge in [0.15, 0.2) is 0 Å². The first-order valence-electron chi connectivity index (χ1n) is 8.84. The summed E-state index contributed by atoms with van der Waals surface area (Å²) in [5.41, 5.74) is 1.27. The number of amidine groups is 1. The number of urea groups is 1. The highest BCUT2D eigenvalue weighted by Crippen LogP contribution is 2.32. The monoisotopic (exact) mass is 431 g/mol. The van der Waals surface area contributed by atoms with Crippen LogP contribution in [0.1, 0.15) is 11.1 Å². The van der Waals surface area contributed by atoms with Gasteiger partial charge in [-0.2, -0.15) is 13.2 Å². The van der Waals surface area contributed by atoms with Crippen LogP contribution in [0.5, 0.6) is 0 Å². The Morgan fingerprint density at radius 1 is 1.07 bits per heavy atom. The van der Waals surface area contributed by atoms with Crippen LogP contribution in [0.2, 0.25) is 0 Å². The minimum absolute atomic E-state index is 0.0401. The summed E-state index contributed by atoms with van der Waals surface area (Å²) in [6, 6.07) is 12.5. The van der Waals surface area contributed by atoms with Crippen molar-refractivity contribution in [3.8, 4) is 0 Å². The highest BCUT2D eigenvalue weighted by molar-refractivity contribution is 7.14. The minimum atomic E-state index is -4.48. The summed E-state index contributed by atoms with van der Waals surface area (Å²) in [7, 11) is 0. The fourth-order valence-electron chi connectivity index (χ4n) is 3.02. The number of hydrogen-bond acceptors (Lipinski definition) is 4. The Balaban J connectivity index is 1.41. The fraction of sp³-hybridized carbons (Fsp3) is 0.100. The van der Waals surface area contributed by atoms with E-state index in [0.717, 1.165) is 28.4 Å². The molecule has 4 rings (SSSR count). The Morgan fingerprint density at radius 2 is 1.80 bits per heavy atom. The zero-order valence-corrected chi connectivity index (χ0v) is 16.2. The molecule has 6 nitrogen and oxygen atoms in total. The molecule has 4 N–H and O–H groups in total. The smallest absolute Gasteiger partial charge is 0.359 e. The highest BCUT2D eigenvalue weighted by Gasteiger charge is 2.30. The first-order valence-corrected chi connectivity index (χ1v) is 9.72. The van der Waals surface area contributed by atoms with Gasteiger partial charge in [-0.1, -0.05) is 6.07 Å². The Bertz CT molecular complexity index is 1090. The number of nitrogens with one attached hydrogen (secondary N) is 4. The van der Waals surface area contributed by atoms with Gasteiger partial charge in [0.2, 0.25) is 0 Å². The topological polar surface area (TPSA) is 80.2 Å². The molecule has 1 aliphatic rings. The van der Waals surface area contributed by atoms with E-state index in [2.05, 4.69) is 16.0 Å². The van der Waals surface area contributed by atoms with Crippen molar-refractivity contribution in [2.45, 2.75) is 6.18 Å². The SMILES string of the molecule is N=C1c2ccsc2NCN1c1ccc(NC(=O)Nc2cccc(C(F)(F)F)c2)cc1. The van der Waals surface area contributed by atoms with E-state index in [4.69, 9.17) is 5.41 Å². The van der Waals surface area contributed by atoms with E-state index in [1.54, 1.807) is 40.5 Å². The van der Waals surface area contributed by atoms with Crippen LogP contribution in [0, 0.1) is 5.41 Å². The maximum absolute atomic E-state index is 12.8. The predicted octanol–water partition coefficient (Wildman–Crippen LogP) is 5.63. The molecule has 30 heavy (non-hydrogen) atoms. The van der Waals surface area contributed by atoms with E-state index in [0.29, 0.717) is 18.2 Å². The van der Waals surface area contributed by atoms with E-state index in [-0.39, 0.29) is 5.69 Å². The van der Waals surface area contributed by atoms with Crippen LogP contribution in [0.25, 0.3) is 0 Å². The second-order valence-corrected chi connectivity index (χ2v) is 7.40. The molecule has 154 valence electrons. The van der Waals surface area contributed by atoms with Crippen molar-refractivity contribution in [2.75, 3.05) is 27.5 Å². The van der Waals surface area contributed by atoms with Gasteiger partial charge in [-0.3, -0.25) is 5.41 Å². The number of amides is 2. The van der Waals surface area contributed by atoms with Gasteiger partial charge in [-0.15, -0.1) is 11.3 Å². The zero-order valence-electron chi connectivity index (χ0n) is 15.4. The number of fused-ring (bicyclic) bond motifs is 1. The molecule has 2 aromatic carbocycles. The third-order valence-electron chi connectivity index (χ3n) is 4.47. The summed E-state index contributed by atoms with van der Waals surface area (Å²) in [6.45, 7) is 0.454. The normalized spacial score (nSPS) is 13.4. The molecule has 0 saturated heterocycles. The van der Waals surface area contributed by atoms with E-state index < -0.39 is 17.8 Å². The number of rotatable bonds is 3. The molecule has 0 unspecified atom stereocenters. The molecule has 0 aliphatic carbocycles. The zero-order chi connectivity index (χ0) is 21.3. The average molecular weight is 431 g/mol. The molecule has 3 aromatic rings. The second kappa shape index (κ2) is 7.71. The number of halogens is 3. The molecule has 2 heterocycles. The van der Waals surface area contributed by atoms with Crippen LogP contribution in [-0.4, -0.2) is 18.5 Å². The van der Waals surface area contributed by atoms with Gasteiger partial charge in [-0.05, 0) is 53.9 Å². The standard InChI is InChI=1S/C20H16F3N5OS/c21-20(22,23)12-2-1-3-14(10-12)27-19(29)26-13-4-6-15(7-5-13)28-11-25-18-16(17(28)24)8-9-30-18/h1-10,24-25H,11H2,(H2,26,27,29). The largest absolute Gasteiger partial charge is 0.416 e. The molecule has 1 aliphatic heterocycles. The molecule has 2 amide bonds. The maximum atomic E-state index is 12.8. The molecule has 0 saturated carbocycles. The van der Waals surface area contributed by atoms with Crippen LogP contribution in [-0.2, 0) is 6.18 Å². The van der Waals surface area contributed by atoms with Gasteiger partial charge < -0.3 is 20.9 Å². The second-order valence-electron chi connectivity index (χ2n) is 6.48. The average Bonchev–Trinajstić information content (AvgIpc) is 3.18. The number of nitrogens with zero attached hydrogens (tertiary/aromatic N) is 1. The first kappa shape index (κ1) is 19.8. The van der Waals surface area contributed by atoms with E-state index in [1.807, 2.05) is 11.4 Å². The van der Waals surface area contributed by atoms with Gasteiger partial charge in [-0.25, -0.2) is 4.79 Å². The molecular formula is C20H16F3N5OS. The number of carbonyl (C=O) groups excluding carboxylic acids is 1. The quantitative estimate of drug-likeness (QED) is 0.434. The van der Waals surface area contributed by atoms with Crippen molar-refractivity contribution in [1.82, 2.24) is 0 Å². The van der Waals surface area contributed by atoms with Crippen molar-refractivity contribution in [1.29, 1.82) is 5.41 Å². The van der Waals surface area contributed by atoms with Crippen molar-refractivity contribution >= 4 is 45.3 Å². The number of carbonyl (C=O) groups is 1. The molecule has 0 bridgehead atoms. The van der Waals surface area contributed by atoms with Gasteiger partial charge in [0.05, 0.1) is 17.8 Å². The molecular weight excluding hydrogens is 415 g/mol. The van der Waals surface area contributed by atoms with Crippen molar-refractivity contribution in [3.63, 3.8) is 0 Å². The molecule has 1 aromatic heterocycles. The lowest BCUT2D eigenvalue weighted by Crippen LogP contribution is -2.39. The van der Waals surface area contributed by atoms with Crippen LogP contribution >= 0.6 is 11.3 Å². The summed E-state index contributed by atoms with van der Waals surface area (Å²) < 4.78 is 38.3. The third kappa shape index (κ3) is 4.08. The van der Waals surface area contributed by atoms with Gasteiger partial charge in [0.1, 0.15) is 10.8 Å². The highest BCUT2D eigenvalue weighted by atomic mass is 32.1. The van der Waals surface area contributed by atoms with Crippen LogP contribution in [0.15, 0.2) is 60.0 Å². The fourth-order valence-corrected chi connectivity index (χ4v) is 3.80. The summed E-state index contributed by atoms with van der Waals surface area (Å²) in [5.74, 6) is 0.382. The van der Waals surface area contributed by atoms with Gasteiger partial charge in [0.25, 0.3) is 0 Å². The Labute approximate surface area is 173 Å². The molecule has 0 spiro atoms. The summed E-state index contributed by atoms with van der Waals surface area (Å²) in [5, 5.41) is 19.5. The first-order chi connectivity index (χ1) is 14.3. The van der Waals surface area contributed by atoms with Crippen molar-refractivity contribution in [3.05, 3.63) is 71.1 Å². The van der Waals surface area contributed by atoms with Crippen LogP contribution < -0.4 is 20.9 Å². The molecule has 0 radical (unpaired) electrons. The molecule has 0 fully saturated rings. The lowest BCUT2D eigenvalue weighted by atomic mass is 10.2. The van der Waals surface area contributed by atoms with E-state index in [9.17, 15) is 18.0 Å². The van der Waals surface area contributed by atoms with Crippen LogP contribution in [0.3, 0.4) is 0 Å². The van der Waals surface area contributed by atoms with Gasteiger partial charge in [0, 0.05) is 17.1 Å². The summed E-state index contributed by atoms with van der Waals surface area (Å²) in [4.78, 5) is 13.9. The summed E-state index contributed by atoms with van der Waals surface area (Å²) in [6.07, 6.45) is -4.48. The third-order valence-corrected chi connectivity index (χ3v) is 5.34. The van der Waals surface area contributed by atoms with Crippen LogP contribution in [0.4, 0.5) is 40.0 Å². The number of anilines is 4.